The molecule has 0 bridgehead atoms. The first-order chi connectivity index (χ1) is 14.0. The highest BCUT2D eigenvalue weighted by Gasteiger charge is 2.16. The maximum atomic E-state index is 12.6. The zero-order chi connectivity index (χ0) is 20.8. The lowest BCUT2D eigenvalue weighted by Gasteiger charge is -2.17. The summed E-state index contributed by atoms with van der Waals surface area (Å²) in [5, 5.41) is 9.31. The van der Waals surface area contributed by atoms with Gasteiger partial charge in [0.1, 0.15) is 5.75 Å². The van der Waals surface area contributed by atoms with Crippen molar-refractivity contribution in [2.45, 2.75) is 25.5 Å². The van der Waals surface area contributed by atoms with E-state index in [1.807, 2.05) is 68.1 Å². The maximum absolute atomic E-state index is 12.6. The lowest BCUT2D eigenvalue weighted by molar-refractivity contribution is -0.127. The monoisotopic (exact) mass is 410 g/mol. The van der Waals surface area contributed by atoms with Gasteiger partial charge in [0.25, 0.3) is 0 Å². The number of thioether (sulfide) groups is 1. The van der Waals surface area contributed by atoms with Gasteiger partial charge in [-0.1, -0.05) is 48.2 Å². The van der Waals surface area contributed by atoms with Gasteiger partial charge in [-0.25, -0.2) is 0 Å². The molecule has 0 aliphatic rings. The van der Waals surface area contributed by atoms with E-state index in [1.54, 1.807) is 4.90 Å². The van der Waals surface area contributed by atoms with Gasteiger partial charge in [0.2, 0.25) is 5.91 Å². The first-order valence-electron chi connectivity index (χ1n) is 9.53. The quantitative estimate of drug-likeness (QED) is 0.527. The highest BCUT2D eigenvalue weighted by atomic mass is 32.2. The Morgan fingerprint density at radius 2 is 1.86 bits per heavy atom. The highest BCUT2D eigenvalue weighted by Crippen LogP contribution is 2.25. The number of amides is 1. The van der Waals surface area contributed by atoms with E-state index in [0.29, 0.717) is 18.9 Å². The molecule has 0 saturated heterocycles. The lowest BCUT2D eigenvalue weighted by Crippen LogP contribution is -2.27. The minimum atomic E-state index is 0.0457. The number of aromatic nitrogens is 3. The van der Waals surface area contributed by atoms with Crippen LogP contribution in [0.4, 0.5) is 0 Å². The van der Waals surface area contributed by atoms with Crippen LogP contribution in [-0.4, -0.2) is 45.0 Å². The molecule has 0 unspecified atom stereocenters. The van der Waals surface area contributed by atoms with Crippen LogP contribution in [0.5, 0.6) is 5.75 Å². The Kier molecular flexibility index (Phi) is 6.93. The Balaban J connectivity index is 1.58. The molecular formula is C22H26N4O2S. The van der Waals surface area contributed by atoms with Crippen LogP contribution < -0.4 is 4.74 Å². The summed E-state index contributed by atoms with van der Waals surface area (Å²) in [4.78, 5) is 14.3. The Bertz CT molecular complexity index is 969. The molecule has 3 rings (SSSR count). The number of carbonyl (C=O) groups excluding carboxylic acids is 1. The zero-order valence-corrected chi connectivity index (χ0v) is 18.1. The number of hydrogen-bond acceptors (Lipinski definition) is 5. The molecule has 2 aromatic carbocycles. The van der Waals surface area contributed by atoms with E-state index in [2.05, 4.69) is 23.2 Å². The molecule has 0 aliphatic carbocycles. The van der Waals surface area contributed by atoms with Crippen molar-refractivity contribution < 1.29 is 9.53 Å². The first-order valence-corrected chi connectivity index (χ1v) is 10.5. The second-order valence-corrected chi connectivity index (χ2v) is 7.74. The van der Waals surface area contributed by atoms with Crippen LogP contribution in [-0.2, 0) is 18.4 Å². The summed E-state index contributed by atoms with van der Waals surface area (Å²) in [7, 11) is 3.74. The van der Waals surface area contributed by atoms with Crippen LogP contribution in [0.15, 0.2) is 53.7 Å². The van der Waals surface area contributed by atoms with Gasteiger partial charge in [0.05, 0.1) is 12.4 Å². The molecule has 0 saturated carbocycles. The second-order valence-electron chi connectivity index (χ2n) is 6.80. The SMILES string of the molecule is CCOc1ccc(CN(C)C(=O)CSc2nnc(-c3ccccc3C)n2C)cc1. The highest BCUT2D eigenvalue weighted by molar-refractivity contribution is 7.99. The summed E-state index contributed by atoms with van der Waals surface area (Å²) >= 11 is 1.40. The smallest absolute Gasteiger partial charge is 0.233 e. The molecule has 0 atom stereocenters. The van der Waals surface area contributed by atoms with Gasteiger partial charge in [-0.3, -0.25) is 4.79 Å². The third-order valence-electron chi connectivity index (χ3n) is 4.63. The molecule has 1 heterocycles. The normalized spacial score (nSPS) is 10.8. The van der Waals surface area contributed by atoms with E-state index < -0.39 is 0 Å². The molecule has 0 radical (unpaired) electrons. The molecule has 0 N–H and O–H groups in total. The summed E-state index contributed by atoms with van der Waals surface area (Å²) in [5.74, 6) is 2.01. The fourth-order valence-electron chi connectivity index (χ4n) is 2.96. The van der Waals surface area contributed by atoms with Gasteiger partial charge in [0.15, 0.2) is 11.0 Å². The number of hydrogen-bond donors (Lipinski definition) is 0. The van der Waals surface area contributed by atoms with Gasteiger partial charge in [-0.05, 0) is 37.1 Å². The van der Waals surface area contributed by atoms with Crippen molar-refractivity contribution in [3.63, 3.8) is 0 Å². The average molecular weight is 411 g/mol. The number of aryl methyl sites for hydroxylation is 1. The van der Waals surface area contributed by atoms with Crippen molar-refractivity contribution in [2.24, 2.45) is 7.05 Å². The standard InChI is InChI=1S/C22H26N4O2S/c1-5-28-18-12-10-17(11-13-18)14-25(3)20(27)15-29-22-24-23-21(26(22)4)19-9-7-6-8-16(19)2/h6-13H,5,14-15H2,1-4H3. The van der Waals surface area contributed by atoms with E-state index >= 15 is 0 Å². The van der Waals surface area contributed by atoms with Crippen LogP contribution in [0.2, 0.25) is 0 Å². The number of ether oxygens (including phenoxy) is 1. The van der Waals surface area contributed by atoms with Gasteiger partial charge in [-0.15, -0.1) is 10.2 Å². The van der Waals surface area contributed by atoms with Crippen LogP contribution in [0, 0.1) is 6.92 Å². The van der Waals surface area contributed by atoms with Gasteiger partial charge < -0.3 is 14.2 Å². The van der Waals surface area contributed by atoms with E-state index in [4.69, 9.17) is 4.74 Å². The Morgan fingerprint density at radius 1 is 1.14 bits per heavy atom. The maximum Gasteiger partial charge on any atom is 0.233 e. The molecular weight excluding hydrogens is 384 g/mol. The van der Waals surface area contributed by atoms with Crippen molar-refractivity contribution in [1.29, 1.82) is 0 Å². The third kappa shape index (κ3) is 5.17. The summed E-state index contributed by atoms with van der Waals surface area (Å²) < 4.78 is 7.39. The number of benzene rings is 2. The van der Waals surface area contributed by atoms with Crippen molar-refractivity contribution in [2.75, 3.05) is 19.4 Å². The first kappa shape index (κ1) is 20.9. The minimum Gasteiger partial charge on any atom is -0.494 e. The predicted octanol–water partition coefficient (Wildman–Crippen LogP) is 3.94. The predicted molar refractivity (Wildman–Crippen MR) is 116 cm³/mol. The Morgan fingerprint density at radius 3 is 2.55 bits per heavy atom. The summed E-state index contributed by atoms with van der Waals surface area (Å²) in [6.45, 7) is 5.21. The summed E-state index contributed by atoms with van der Waals surface area (Å²) in [6.07, 6.45) is 0. The Hall–Kier alpha value is -2.80. The molecule has 7 heteroatoms. The average Bonchev–Trinajstić information content (AvgIpc) is 3.08. The molecule has 152 valence electrons. The van der Waals surface area contributed by atoms with Crippen molar-refractivity contribution in [1.82, 2.24) is 19.7 Å². The van der Waals surface area contributed by atoms with Crippen LogP contribution in [0.3, 0.4) is 0 Å². The zero-order valence-electron chi connectivity index (χ0n) is 17.3. The van der Waals surface area contributed by atoms with Crippen LogP contribution in [0.1, 0.15) is 18.1 Å². The third-order valence-corrected chi connectivity index (χ3v) is 5.63. The van der Waals surface area contributed by atoms with E-state index in [-0.39, 0.29) is 5.91 Å². The molecule has 6 nitrogen and oxygen atoms in total. The van der Waals surface area contributed by atoms with E-state index in [0.717, 1.165) is 33.4 Å². The summed E-state index contributed by atoms with van der Waals surface area (Å²) in [5.41, 5.74) is 3.26. The minimum absolute atomic E-state index is 0.0457. The largest absolute Gasteiger partial charge is 0.494 e. The van der Waals surface area contributed by atoms with Crippen LogP contribution >= 0.6 is 11.8 Å². The number of nitrogens with zero attached hydrogens (tertiary/aromatic N) is 4. The lowest BCUT2D eigenvalue weighted by atomic mass is 10.1. The number of carbonyl (C=O) groups is 1. The molecule has 0 aliphatic heterocycles. The van der Waals surface area contributed by atoms with Gasteiger partial charge >= 0.3 is 0 Å². The van der Waals surface area contributed by atoms with Crippen LogP contribution in [0.25, 0.3) is 11.4 Å². The van der Waals surface area contributed by atoms with Gasteiger partial charge in [0, 0.05) is 26.2 Å². The number of rotatable bonds is 8. The molecule has 0 spiro atoms. The fraction of sp³-hybridized carbons (Fsp3) is 0.318. The van der Waals surface area contributed by atoms with Crippen molar-refractivity contribution >= 4 is 17.7 Å². The van der Waals surface area contributed by atoms with E-state index in [9.17, 15) is 4.79 Å². The van der Waals surface area contributed by atoms with Crippen molar-refractivity contribution in [3.8, 4) is 17.1 Å². The Labute approximate surface area is 175 Å². The molecule has 29 heavy (non-hydrogen) atoms. The molecule has 1 amide bonds. The topological polar surface area (TPSA) is 60.2 Å². The van der Waals surface area contributed by atoms with E-state index in [1.165, 1.54) is 11.8 Å². The summed E-state index contributed by atoms with van der Waals surface area (Å²) in [6, 6.07) is 15.9. The second kappa shape index (κ2) is 9.60. The molecule has 1 aromatic heterocycles. The van der Waals surface area contributed by atoms with Crippen molar-refractivity contribution in [3.05, 3.63) is 59.7 Å². The molecule has 0 fully saturated rings. The molecule has 3 aromatic rings. The fourth-order valence-corrected chi connectivity index (χ4v) is 3.81. The van der Waals surface area contributed by atoms with Gasteiger partial charge in [-0.2, -0.15) is 0 Å².